The van der Waals surface area contributed by atoms with Gasteiger partial charge in [0.05, 0.1) is 12.5 Å². The summed E-state index contributed by atoms with van der Waals surface area (Å²) in [5.41, 5.74) is 0. The molecule has 0 saturated heterocycles. The van der Waals surface area contributed by atoms with Crippen LogP contribution in [0, 0.1) is 17.8 Å². The molecule has 0 N–H and O–H groups in total. The number of nitrogens with zero attached hydrogens (tertiary/aromatic N) is 1. The number of fused-ring (bicyclic) bond motifs is 1. The molecular weight excluding hydrogens is 250 g/mol. The zero-order valence-corrected chi connectivity index (χ0v) is 13.2. The summed E-state index contributed by atoms with van der Waals surface area (Å²) in [6.45, 7) is 8.71. The fraction of sp³-hybridized carbons (Fsp3) is 0.824. The predicted molar refractivity (Wildman–Crippen MR) is 81.4 cm³/mol. The molecule has 0 radical (unpaired) electrons. The van der Waals surface area contributed by atoms with Crippen molar-refractivity contribution in [3.8, 4) is 0 Å². The second-order valence-corrected chi connectivity index (χ2v) is 5.99. The topological polar surface area (TPSA) is 29.5 Å². The highest BCUT2D eigenvalue weighted by atomic mass is 16.5. The predicted octanol–water partition coefficient (Wildman–Crippen LogP) is 3.25. The first-order valence-corrected chi connectivity index (χ1v) is 8.31. The van der Waals surface area contributed by atoms with Crippen molar-refractivity contribution in [2.45, 2.75) is 52.5 Å². The summed E-state index contributed by atoms with van der Waals surface area (Å²) in [5, 5.41) is 0. The Bertz CT molecular complexity index is 349. The van der Waals surface area contributed by atoms with Crippen LogP contribution in [0.4, 0.5) is 0 Å². The Labute approximate surface area is 123 Å². The molecule has 0 aromatic carbocycles. The first-order chi connectivity index (χ1) is 9.72. The van der Waals surface area contributed by atoms with Crippen LogP contribution in [-0.4, -0.2) is 36.6 Å². The summed E-state index contributed by atoms with van der Waals surface area (Å²) in [6.07, 6.45) is 9.63. The van der Waals surface area contributed by atoms with Crippen LogP contribution in [0.15, 0.2) is 12.2 Å². The van der Waals surface area contributed by atoms with E-state index < -0.39 is 0 Å². The number of carbonyl (C=O) groups excluding carboxylic acids is 1. The maximum absolute atomic E-state index is 12.5. The van der Waals surface area contributed by atoms with E-state index in [9.17, 15) is 4.79 Å². The lowest BCUT2D eigenvalue weighted by Gasteiger charge is -2.44. The minimum atomic E-state index is 0.0191. The Balaban J connectivity index is 2.25. The number of allylic oxidation sites excluding steroid dienone is 1. The fourth-order valence-electron chi connectivity index (χ4n) is 4.05. The Morgan fingerprint density at radius 3 is 2.50 bits per heavy atom. The van der Waals surface area contributed by atoms with Gasteiger partial charge in [0, 0.05) is 6.04 Å². The van der Waals surface area contributed by atoms with Crippen molar-refractivity contribution < 1.29 is 9.53 Å². The van der Waals surface area contributed by atoms with E-state index in [-0.39, 0.29) is 17.9 Å². The lowest BCUT2D eigenvalue weighted by Crippen LogP contribution is -2.50. The summed E-state index contributed by atoms with van der Waals surface area (Å²) < 4.78 is 5.40. The molecule has 0 bridgehead atoms. The van der Waals surface area contributed by atoms with E-state index >= 15 is 0 Å². The highest BCUT2D eigenvalue weighted by Crippen LogP contribution is 2.42. The highest BCUT2D eigenvalue weighted by molar-refractivity contribution is 5.74. The van der Waals surface area contributed by atoms with Crippen molar-refractivity contribution in [3.63, 3.8) is 0 Å². The standard InChI is InChI=1S/C17H29NO2/c1-4-18(5-2)15-12-11-13-9-7-8-10-14(13)16(15)17(19)20-6-3/h11-16H,4-10H2,1-3H3/t13-,14-,15+,16-/m1/s1. The van der Waals surface area contributed by atoms with Crippen LogP contribution in [0.2, 0.25) is 0 Å². The van der Waals surface area contributed by atoms with Crippen molar-refractivity contribution in [2.24, 2.45) is 17.8 Å². The lowest BCUT2D eigenvalue weighted by atomic mass is 9.66. The molecule has 20 heavy (non-hydrogen) atoms. The van der Waals surface area contributed by atoms with Gasteiger partial charge in [-0.3, -0.25) is 9.69 Å². The Morgan fingerprint density at radius 1 is 1.15 bits per heavy atom. The largest absolute Gasteiger partial charge is 0.466 e. The van der Waals surface area contributed by atoms with Crippen LogP contribution in [0.5, 0.6) is 0 Å². The van der Waals surface area contributed by atoms with E-state index in [1.807, 2.05) is 6.92 Å². The SMILES string of the molecule is CCOC(=O)[C@@H]1[C@@H]2CCCC[C@@H]2C=C[C@@H]1N(CC)CC. The van der Waals surface area contributed by atoms with E-state index in [0.29, 0.717) is 18.4 Å². The van der Waals surface area contributed by atoms with Crippen LogP contribution < -0.4 is 0 Å². The molecular formula is C17H29NO2. The molecule has 114 valence electrons. The maximum atomic E-state index is 12.5. The molecule has 0 aromatic heterocycles. The van der Waals surface area contributed by atoms with Gasteiger partial charge in [-0.2, -0.15) is 0 Å². The minimum Gasteiger partial charge on any atom is -0.466 e. The molecule has 0 unspecified atom stereocenters. The van der Waals surface area contributed by atoms with Crippen LogP contribution in [0.25, 0.3) is 0 Å². The van der Waals surface area contributed by atoms with Crippen LogP contribution in [-0.2, 0) is 9.53 Å². The van der Waals surface area contributed by atoms with Gasteiger partial charge >= 0.3 is 5.97 Å². The molecule has 0 aliphatic heterocycles. The fourth-order valence-corrected chi connectivity index (χ4v) is 4.05. The smallest absolute Gasteiger partial charge is 0.311 e. The van der Waals surface area contributed by atoms with E-state index in [4.69, 9.17) is 4.74 Å². The first kappa shape index (κ1) is 15.6. The van der Waals surface area contributed by atoms with Crippen molar-refractivity contribution in [1.29, 1.82) is 0 Å². The molecule has 0 spiro atoms. The summed E-state index contributed by atoms with van der Waals surface area (Å²) >= 11 is 0. The van der Waals surface area contributed by atoms with Crippen molar-refractivity contribution in [2.75, 3.05) is 19.7 Å². The number of rotatable bonds is 5. The summed E-state index contributed by atoms with van der Waals surface area (Å²) in [7, 11) is 0. The summed E-state index contributed by atoms with van der Waals surface area (Å²) in [5.74, 6) is 1.12. The Kier molecular flexibility index (Phi) is 5.64. The third kappa shape index (κ3) is 3.08. The Hall–Kier alpha value is -0.830. The molecule has 2 aliphatic rings. The monoisotopic (exact) mass is 279 g/mol. The Morgan fingerprint density at radius 2 is 1.85 bits per heavy atom. The van der Waals surface area contributed by atoms with Gasteiger partial charge < -0.3 is 4.74 Å². The second kappa shape index (κ2) is 7.26. The number of ether oxygens (including phenoxy) is 1. The molecule has 0 amide bonds. The molecule has 1 saturated carbocycles. The number of likely N-dealkylation sites (N-methyl/N-ethyl adjacent to an activating group) is 1. The van der Waals surface area contributed by atoms with Crippen molar-refractivity contribution in [3.05, 3.63) is 12.2 Å². The zero-order valence-electron chi connectivity index (χ0n) is 13.2. The second-order valence-electron chi connectivity index (χ2n) is 5.99. The number of carbonyl (C=O) groups is 1. The normalized spacial score (nSPS) is 33.0. The maximum Gasteiger partial charge on any atom is 0.311 e. The van der Waals surface area contributed by atoms with Gasteiger partial charge in [-0.25, -0.2) is 0 Å². The van der Waals surface area contributed by atoms with Gasteiger partial charge in [0.2, 0.25) is 0 Å². The van der Waals surface area contributed by atoms with E-state index in [0.717, 1.165) is 13.1 Å². The molecule has 3 nitrogen and oxygen atoms in total. The average molecular weight is 279 g/mol. The van der Waals surface area contributed by atoms with Gasteiger partial charge in [-0.1, -0.05) is 38.8 Å². The summed E-state index contributed by atoms with van der Waals surface area (Å²) in [6, 6.07) is 0.225. The van der Waals surface area contributed by atoms with Gasteiger partial charge in [0.15, 0.2) is 0 Å². The van der Waals surface area contributed by atoms with Crippen LogP contribution in [0.3, 0.4) is 0 Å². The molecule has 4 atom stereocenters. The number of hydrogen-bond acceptors (Lipinski definition) is 3. The molecule has 1 fully saturated rings. The molecule has 0 aromatic rings. The summed E-state index contributed by atoms with van der Waals surface area (Å²) in [4.78, 5) is 14.9. The lowest BCUT2D eigenvalue weighted by molar-refractivity contribution is -0.154. The van der Waals surface area contributed by atoms with Crippen molar-refractivity contribution >= 4 is 5.97 Å². The van der Waals surface area contributed by atoms with E-state index in [1.165, 1.54) is 25.7 Å². The van der Waals surface area contributed by atoms with E-state index in [1.54, 1.807) is 0 Å². The van der Waals surface area contributed by atoms with Gasteiger partial charge in [-0.05, 0) is 44.7 Å². The number of esters is 1. The minimum absolute atomic E-state index is 0.0191. The van der Waals surface area contributed by atoms with E-state index in [2.05, 4.69) is 30.9 Å². The zero-order chi connectivity index (χ0) is 14.5. The number of hydrogen-bond donors (Lipinski definition) is 0. The molecule has 0 heterocycles. The van der Waals surface area contributed by atoms with Gasteiger partial charge in [-0.15, -0.1) is 0 Å². The molecule has 2 aliphatic carbocycles. The van der Waals surface area contributed by atoms with Gasteiger partial charge in [0.1, 0.15) is 0 Å². The average Bonchev–Trinajstić information content (AvgIpc) is 2.48. The van der Waals surface area contributed by atoms with Crippen LogP contribution in [0.1, 0.15) is 46.5 Å². The quantitative estimate of drug-likeness (QED) is 0.571. The van der Waals surface area contributed by atoms with Gasteiger partial charge in [0.25, 0.3) is 0 Å². The highest BCUT2D eigenvalue weighted by Gasteiger charge is 2.43. The molecule has 3 heteroatoms. The third-order valence-electron chi connectivity index (χ3n) is 5.05. The van der Waals surface area contributed by atoms with Crippen LogP contribution >= 0.6 is 0 Å². The third-order valence-corrected chi connectivity index (χ3v) is 5.05. The molecule has 2 rings (SSSR count). The first-order valence-electron chi connectivity index (χ1n) is 8.31. The van der Waals surface area contributed by atoms with Crippen molar-refractivity contribution in [1.82, 2.24) is 4.90 Å².